The molecule has 25 heavy (non-hydrogen) atoms. The monoisotopic (exact) mass is 364 g/mol. The van der Waals surface area contributed by atoms with E-state index in [1.807, 2.05) is 38.4 Å². The Morgan fingerprint density at radius 1 is 1.24 bits per heavy atom. The van der Waals surface area contributed by atoms with Crippen LogP contribution in [0.1, 0.15) is 22.0 Å². The van der Waals surface area contributed by atoms with Crippen LogP contribution in [-0.4, -0.2) is 45.0 Å². The van der Waals surface area contributed by atoms with Crippen molar-refractivity contribution in [2.24, 2.45) is 0 Å². The fourth-order valence-electron chi connectivity index (χ4n) is 2.55. The Morgan fingerprint density at radius 2 is 1.92 bits per heavy atom. The Balaban J connectivity index is 1.96. The summed E-state index contributed by atoms with van der Waals surface area (Å²) in [5.74, 6) is -0.587. The van der Waals surface area contributed by atoms with Gasteiger partial charge < -0.3 is 15.0 Å². The zero-order valence-electron chi connectivity index (χ0n) is 14.6. The molecule has 0 spiro atoms. The van der Waals surface area contributed by atoms with Crippen molar-refractivity contribution in [3.8, 4) is 5.75 Å². The molecule has 2 aromatic rings. The van der Waals surface area contributed by atoms with Crippen molar-refractivity contribution >= 4 is 17.4 Å². The van der Waals surface area contributed by atoms with Crippen LogP contribution in [-0.2, 0) is 0 Å². The number of Topliss-reactive ketones (excluding diaryl/α,β-unsaturated/α-hetero) is 1. The highest BCUT2D eigenvalue weighted by molar-refractivity contribution is 6.30. The van der Waals surface area contributed by atoms with E-state index in [9.17, 15) is 9.18 Å². The summed E-state index contributed by atoms with van der Waals surface area (Å²) in [6.45, 7) is 0.711. The molecule has 0 radical (unpaired) electrons. The van der Waals surface area contributed by atoms with Gasteiger partial charge in [0.2, 0.25) is 0 Å². The second kappa shape index (κ2) is 8.94. The highest BCUT2D eigenvalue weighted by Gasteiger charge is 2.15. The molecule has 1 N–H and O–H groups in total. The fraction of sp³-hybridized carbons (Fsp3) is 0.316. The molecule has 0 aliphatic heterocycles. The number of ether oxygens (including phenoxy) is 1. The number of ketones is 1. The minimum absolute atomic E-state index is 0.0951. The second-order valence-corrected chi connectivity index (χ2v) is 6.37. The Labute approximate surface area is 152 Å². The Bertz CT molecular complexity index is 720. The summed E-state index contributed by atoms with van der Waals surface area (Å²) < 4.78 is 18.6. The largest absolute Gasteiger partial charge is 0.494 e. The van der Waals surface area contributed by atoms with Gasteiger partial charge in [-0.05, 0) is 50.0 Å². The van der Waals surface area contributed by atoms with Crippen LogP contribution in [0.2, 0.25) is 5.02 Å². The first-order valence-electron chi connectivity index (χ1n) is 7.91. The number of hydrogen-bond acceptors (Lipinski definition) is 4. The van der Waals surface area contributed by atoms with Crippen molar-refractivity contribution < 1.29 is 13.9 Å². The third kappa shape index (κ3) is 5.26. The average Bonchev–Trinajstić information content (AvgIpc) is 2.59. The molecule has 0 aliphatic rings. The van der Waals surface area contributed by atoms with Crippen LogP contribution in [0.15, 0.2) is 42.5 Å². The number of hydrogen-bond donors (Lipinski definition) is 1. The molecule has 0 saturated carbocycles. The molecule has 0 amide bonds. The summed E-state index contributed by atoms with van der Waals surface area (Å²) in [7, 11) is 5.34. The third-order valence-corrected chi connectivity index (χ3v) is 4.23. The number of nitrogens with zero attached hydrogens (tertiary/aromatic N) is 1. The van der Waals surface area contributed by atoms with Crippen LogP contribution in [0.5, 0.6) is 5.75 Å². The first kappa shape index (κ1) is 19.4. The van der Waals surface area contributed by atoms with E-state index in [1.165, 1.54) is 19.2 Å². The standard InChI is InChI=1S/C19H22ClFN2O2/c1-23(2)17(13-4-7-15(20)8-5-13)11-22-12-18(24)14-6-9-19(25-3)16(21)10-14/h4-10,17,22H,11-12H2,1-3H3. The van der Waals surface area contributed by atoms with Gasteiger partial charge in [0.1, 0.15) is 0 Å². The lowest BCUT2D eigenvalue weighted by Gasteiger charge is -2.25. The number of methoxy groups -OCH3 is 1. The van der Waals surface area contributed by atoms with Crippen LogP contribution < -0.4 is 10.1 Å². The number of halogens is 2. The van der Waals surface area contributed by atoms with Crippen LogP contribution in [0.4, 0.5) is 4.39 Å². The van der Waals surface area contributed by atoms with Gasteiger partial charge in [0.05, 0.1) is 13.7 Å². The highest BCUT2D eigenvalue weighted by Crippen LogP contribution is 2.20. The lowest BCUT2D eigenvalue weighted by atomic mass is 10.1. The molecule has 4 nitrogen and oxygen atoms in total. The van der Waals surface area contributed by atoms with Crippen molar-refractivity contribution in [3.05, 3.63) is 64.4 Å². The van der Waals surface area contributed by atoms with Gasteiger partial charge in [0.15, 0.2) is 17.3 Å². The van der Waals surface area contributed by atoms with Gasteiger partial charge in [0.25, 0.3) is 0 Å². The summed E-state index contributed by atoms with van der Waals surface area (Å²) in [6, 6.07) is 11.9. The zero-order valence-corrected chi connectivity index (χ0v) is 15.3. The number of carbonyl (C=O) groups is 1. The van der Waals surface area contributed by atoms with Crippen LogP contribution >= 0.6 is 11.6 Å². The predicted octanol–water partition coefficient (Wildman–Crippen LogP) is 3.56. The van der Waals surface area contributed by atoms with Gasteiger partial charge in [-0.25, -0.2) is 4.39 Å². The molecule has 0 aliphatic carbocycles. The molecular formula is C19H22ClFN2O2. The molecule has 0 bridgehead atoms. The maximum atomic E-state index is 13.7. The number of carbonyl (C=O) groups excluding carboxylic acids is 1. The normalized spacial score (nSPS) is 12.2. The van der Waals surface area contributed by atoms with Gasteiger partial charge >= 0.3 is 0 Å². The molecule has 2 aromatic carbocycles. The minimum Gasteiger partial charge on any atom is -0.494 e. The van der Waals surface area contributed by atoms with Gasteiger partial charge in [-0.2, -0.15) is 0 Å². The lowest BCUT2D eigenvalue weighted by Crippen LogP contribution is -2.33. The highest BCUT2D eigenvalue weighted by atomic mass is 35.5. The van der Waals surface area contributed by atoms with Crippen molar-refractivity contribution in [2.75, 3.05) is 34.3 Å². The van der Waals surface area contributed by atoms with Crippen LogP contribution in [0.25, 0.3) is 0 Å². The van der Waals surface area contributed by atoms with E-state index in [-0.39, 0.29) is 24.1 Å². The van der Waals surface area contributed by atoms with Gasteiger partial charge in [-0.3, -0.25) is 4.79 Å². The van der Waals surface area contributed by atoms with Crippen LogP contribution in [0.3, 0.4) is 0 Å². The van der Waals surface area contributed by atoms with Gasteiger partial charge in [0, 0.05) is 23.2 Å². The molecule has 0 fully saturated rings. The molecule has 1 atom stereocenters. The van der Waals surface area contributed by atoms with E-state index in [4.69, 9.17) is 16.3 Å². The molecular weight excluding hydrogens is 343 g/mol. The fourth-order valence-corrected chi connectivity index (χ4v) is 2.67. The van der Waals surface area contributed by atoms with E-state index < -0.39 is 5.82 Å². The Morgan fingerprint density at radius 3 is 2.48 bits per heavy atom. The van der Waals surface area contributed by atoms with Crippen molar-refractivity contribution in [1.82, 2.24) is 10.2 Å². The first-order valence-corrected chi connectivity index (χ1v) is 8.29. The minimum atomic E-state index is -0.541. The van der Waals surface area contributed by atoms with Gasteiger partial charge in [-0.15, -0.1) is 0 Å². The smallest absolute Gasteiger partial charge is 0.176 e. The quantitative estimate of drug-likeness (QED) is 0.727. The molecule has 134 valence electrons. The number of benzene rings is 2. The number of likely N-dealkylation sites (N-methyl/N-ethyl adjacent to an activating group) is 1. The lowest BCUT2D eigenvalue weighted by molar-refractivity contribution is 0.0988. The van der Waals surface area contributed by atoms with Crippen molar-refractivity contribution in [3.63, 3.8) is 0 Å². The number of nitrogens with one attached hydrogen (secondary N) is 1. The van der Waals surface area contributed by atoms with E-state index in [2.05, 4.69) is 10.2 Å². The van der Waals surface area contributed by atoms with Crippen molar-refractivity contribution in [2.45, 2.75) is 6.04 Å². The maximum Gasteiger partial charge on any atom is 0.176 e. The van der Waals surface area contributed by atoms with Gasteiger partial charge in [-0.1, -0.05) is 23.7 Å². The molecule has 1 unspecified atom stereocenters. The SMILES string of the molecule is COc1ccc(C(=O)CNCC(c2ccc(Cl)cc2)N(C)C)cc1F. The van der Waals surface area contributed by atoms with E-state index in [0.29, 0.717) is 17.1 Å². The summed E-state index contributed by atoms with van der Waals surface area (Å²) in [5.41, 5.74) is 1.42. The summed E-state index contributed by atoms with van der Waals surface area (Å²) >= 11 is 5.93. The zero-order chi connectivity index (χ0) is 18.4. The topological polar surface area (TPSA) is 41.6 Å². The second-order valence-electron chi connectivity index (χ2n) is 5.93. The molecule has 0 heterocycles. The van der Waals surface area contributed by atoms with Crippen LogP contribution in [0, 0.1) is 5.82 Å². The Kier molecular flexibility index (Phi) is 6.93. The molecule has 6 heteroatoms. The maximum absolute atomic E-state index is 13.7. The average molecular weight is 365 g/mol. The summed E-state index contributed by atoms with van der Waals surface area (Å²) in [5, 5.41) is 3.83. The molecule has 0 saturated heterocycles. The molecule has 0 aromatic heterocycles. The van der Waals surface area contributed by atoms with E-state index in [1.54, 1.807) is 6.07 Å². The van der Waals surface area contributed by atoms with E-state index >= 15 is 0 Å². The Hall–Kier alpha value is -1.95. The predicted molar refractivity (Wildman–Crippen MR) is 98.0 cm³/mol. The first-order chi connectivity index (χ1) is 11.9. The molecule has 2 rings (SSSR count). The summed E-state index contributed by atoms with van der Waals surface area (Å²) in [4.78, 5) is 14.3. The number of rotatable bonds is 8. The van der Waals surface area contributed by atoms with E-state index in [0.717, 1.165) is 5.56 Å². The van der Waals surface area contributed by atoms with Crippen molar-refractivity contribution in [1.29, 1.82) is 0 Å². The summed E-state index contributed by atoms with van der Waals surface area (Å²) in [6.07, 6.45) is 0. The third-order valence-electron chi connectivity index (χ3n) is 3.98.